The molecule has 2 heterocycles. The van der Waals surface area contributed by atoms with Gasteiger partial charge in [0, 0.05) is 13.0 Å². The van der Waals surface area contributed by atoms with Crippen LogP contribution in [0.1, 0.15) is 36.7 Å². The number of benzene rings is 2. The molecule has 0 fully saturated rings. The van der Waals surface area contributed by atoms with Gasteiger partial charge in [0.15, 0.2) is 0 Å². The summed E-state index contributed by atoms with van der Waals surface area (Å²) < 4.78 is 4.97. The number of rotatable bonds is 4. The van der Waals surface area contributed by atoms with Gasteiger partial charge in [-0.1, -0.05) is 48.0 Å². The molecule has 0 aliphatic carbocycles. The van der Waals surface area contributed by atoms with Crippen LogP contribution in [0, 0.1) is 6.92 Å². The second-order valence-corrected chi connectivity index (χ2v) is 8.96. The number of hydrogen-bond acceptors (Lipinski definition) is 5. The number of fused-ring (bicyclic) bond motifs is 1. The summed E-state index contributed by atoms with van der Waals surface area (Å²) in [5, 5.41) is 3.69. The molecule has 6 nitrogen and oxygen atoms in total. The van der Waals surface area contributed by atoms with E-state index in [0.717, 1.165) is 16.7 Å². The minimum Gasteiger partial charge on any atom is -0.467 e. The number of anilines is 1. The van der Waals surface area contributed by atoms with Gasteiger partial charge in [0.25, 0.3) is 11.8 Å². The highest BCUT2D eigenvalue weighted by Gasteiger charge is 2.36. The lowest BCUT2D eigenvalue weighted by Crippen LogP contribution is -2.49. The first-order valence-corrected chi connectivity index (χ1v) is 11.2. The minimum absolute atomic E-state index is 0.268. The summed E-state index contributed by atoms with van der Waals surface area (Å²) in [6.07, 6.45) is 0.398. The van der Waals surface area contributed by atoms with Crippen molar-refractivity contribution in [2.75, 3.05) is 12.4 Å². The van der Waals surface area contributed by atoms with Gasteiger partial charge < -0.3 is 15.0 Å². The lowest BCUT2D eigenvalue weighted by Gasteiger charge is -2.35. The number of carbonyl (C=O) groups is 3. The smallest absolute Gasteiger partial charge is 0.328 e. The molecule has 2 aromatic carbocycles. The predicted octanol–water partition coefficient (Wildman–Crippen LogP) is 4.70. The first kappa shape index (κ1) is 22.0. The number of carbonyl (C=O) groups excluding carboxylic acids is 3. The summed E-state index contributed by atoms with van der Waals surface area (Å²) in [6, 6.07) is 15.6. The zero-order valence-corrected chi connectivity index (χ0v) is 19.1. The maximum absolute atomic E-state index is 13.5. The lowest BCUT2D eigenvalue weighted by atomic mass is 9.93. The van der Waals surface area contributed by atoms with Crippen LogP contribution in [0.3, 0.4) is 0 Å². The van der Waals surface area contributed by atoms with Crippen molar-refractivity contribution in [3.8, 4) is 0 Å². The van der Waals surface area contributed by atoms with Crippen molar-refractivity contribution in [1.29, 1.82) is 0 Å². The Hall–Kier alpha value is -3.16. The van der Waals surface area contributed by atoms with Crippen LogP contribution in [0.2, 0.25) is 5.02 Å². The van der Waals surface area contributed by atoms with Gasteiger partial charge in [0.1, 0.15) is 6.04 Å². The van der Waals surface area contributed by atoms with Crippen molar-refractivity contribution in [3.63, 3.8) is 0 Å². The van der Waals surface area contributed by atoms with E-state index in [9.17, 15) is 14.4 Å². The number of amides is 2. The highest BCUT2D eigenvalue weighted by Crippen LogP contribution is 2.32. The van der Waals surface area contributed by atoms with Crippen LogP contribution in [0.5, 0.6) is 0 Å². The second kappa shape index (κ2) is 9.14. The molecule has 0 saturated heterocycles. The third kappa shape index (κ3) is 4.26. The summed E-state index contributed by atoms with van der Waals surface area (Å²) in [4.78, 5) is 40.6. The van der Waals surface area contributed by atoms with E-state index in [1.807, 2.05) is 24.3 Å². The molecule has 1 aliphatic rings. The maximum Gasteiger partial charge on any atom is 0.328 e. The normalized spacial score (nSPS) is 15.1. The monoisotopic (exact) mass is 468 g/mol. The van der Waals surface area contributed by atoms with Gasteiger partial charge in [0.2, 0.25) is 0 Å². The topological polar surface area (TPSA) is 75.7 Å². The third-order valence-corrected chi connectivity index (χ3v) is 6.92. The Balaban J connectivity index is 1.60. The number of ether oxygens (including phenoxy) is 1. The lowest BCUT2D eigenvalue weighted by molar-refractivity contribution is -0.146. The molecule has 32 heavy (non-hydrogen) atoms. The number of aryl methyl sites for hydroxylation is 1. The van der Waals surface area contributed by atoms with Crippen LogP contribution in [-0.2, 0) is 22.5 Å². The molecule has 8 heteroatoms. The fourth-order valence-electron chi connectivity index (χ4n) is 3.79. The standard InChI is InChI=1S/C24H21ClN2O4S/c1-14-11-20(26-22(28)17-9-5-6-10-18(17)25)32-21(14)23(29)27-13-16-8-4-3-7-15(16)12-19(27)24(30)31-2/h3-11,19H,12-13H2,1-2H3,(H,26,28)/t19-/m1/s1. The summed E-state index contributed by atoms with van der Waals surface area (Å²) in [5.74, 6) is -1.07. The molecular weight excluding hydrogens is 448 g/mol. The third-order valence-electron chi connectivity index (χ3n) is 5.45. The van der Waals surface area contributed by atoms with Crippen molar-refractivity contribution >= 4 is 45.7 Å². The molecule has 2 amide bonds. The molecule has 0 spiro atoms. The molecule has 1 atom stereocenters. The van der Waals surface area contributed by atoms with E-state index in [-0.39, 0.29) is 11.8 Å². The summed E-state index contributed by atoms with van der Waals surface area (Å²) in [5.41, 5.74) is 3.11. The fourth-order valence-corrected chi connectivity index (χ4v) is 5.04. The Morgan fingerprint density at radius 3 is 2.50 bits per heavy atom. The van der Waals surface area contributed by atoms with Gasteiger partial charge in [-0.05, 0) is 41.8 Å². The summed E-state index contributed by atoms with van der Waals surface area (Å²) in [7, 11) is 1.32. The largest absolute Gasteiger partial charge is 0.467 e. The van der Waals surface area contributed by atoms with Crippen LogP contribution >= 0.6 is 22.9 Å². The van der Waals surface area contributed by atoms with Crippen molar-refractivity contribution in [3.05, 3.63) is 86.8 Å². The van der Waals surface area contributed by atoms with E-state index < -0.39 is 12.0 Å². The number of methoxy groups -OCH3 is 1. The number of nitrogens with zero attached hydrogens (tertiary/aromatic N) is 1. The molecule has 1 aliphatic heterocycles. The quantitative estimate of drug-likeness (QED) is 0.563. The van der Waals surface area contributed by atoms with Gasteiger partial charge in [-0.3, -0.25) is 9.59 Å². The van der Waals surface area contributed by atoms with Gasteiger partial charge >= 0.3 is 5.97 Å². The molecule has 0 bridgehead atoms. The average molecular weight is 469 g/mol. The Labute approximate surface area is 194 Å². The predicted molar refractivity (Wildman–Crippen MR) is 124 cm³/mol. The van der Waals surface area contributed by atoms with Gasteiger partial charge in [-0.2, -0.15) is 0 Å². The Bertz CT molecular complexity index is 1210. The van der Waals surface area contributed by atoms with Gasteiger partial charge in [0.05, 0.1) is 27.6 Å². The van der Waals surface area contributed by atoms with E-state index in [2.05, 4.69) is 5.32 Å². The summed E-state index contributed by atoms with van der Waals surface area (Å²) in [6.45, 7) is 2.12. The highest BCUT2D eigenvalue weighted by atomic mass is 35.5. The number of esters is 1. The summed E-state index contributed by atoms with van der Waals surface area (Å²) >= 11 is 7.29. The molecule has 4 rings (SSSR count). The van der Waals surface area contributed by atoms with Crippen molar-refractivity contribution < 1.29 is 19.1 Å². The number of thiophene rings is 1. The van der Waals surface area contributed by atoms with Crippen LogP contribution in [0.15, 0.2) is 54.6 Å². The molecule has 3 aromatic rings. The zero-order chi connectivity index (χ0) is 22.8. The molecular formula is C24H21ClN2O4S. The van der Waals surface area contributed by atoms with Crippen molar-refractivity contribution in [2.24, 2.45) is 0 Å². The zero-order valence-electron chi connectivity index (χ0n) is 17.6. The number of nitrogens with one attached hydrogen (secondary N) is 1. The molecule has 1 N–H and O–H groups in total. The fraction of sp³-hybridized carbons (Fsp3) is 0.208. The van der Waals surface area contributed by atoms with E-state index in [1.165, 1.54) is 18.4 Å². The van der Waals surface area contributed by atoms with E-state index in [4.69, 9.17) is 16.3 Å². The van der Waals surface area contributed by atoms with Crippen LogP contribution < -0.4 is 5.32 Å². The molecule has 164 valence electrons. The molecule has 1 aromatic heterocycles. The molecule has 0 unspecified atom stereocenters. The Kier molecular flexibility index (Phi) is 6.30. The first-order valence-electron chi connectivity index (χ1n) is 10.0. The van der Waals surface area contributed by atoms with Crippen LogP contribution in [0.25, 0.3) is 0 Å². The number of hydrogen-bond donors (Lipinski definition) is 1. The molecule has 0 radical (unpaired) electrons. The SMILES string of the molecule is COC(=O)[C@H]1Cc2ccccc2CN1C(=O)c1sc(NC(=O)c2ccccc2Cl)cc1C. The van der Waals surface area contributed by atoms with E-state index in [1.54, 1.807) is 42.2 Å². The Morgan fingerprint density at radius 2 is 1.78 bits per heavy atom. The maximum atomic E-state index is 13.5. The molecule has 0 saturated carbocycles. The van der Waals surface area contributed by atoms with Gasteiger partial charge in [-0.15, -0.1) is 11.3 Å². The van der Waals surface area contributed by atoms with Crippen LogP contribution in [0.4, 0.5) is 5.00 Å². The van der Waals surface area contributed by atoms with Crippen molar-refractivity contribution in [2.45, 2.75) is 25.9 Å². The van der Waals surface area contributed by atoms with Gasteiger partial charge in [-0.25, -0.2) is 4.79 Å². The minimum atomic E-state index is -0.704. The van der Waals surface area contributed by atoms with E-state index >= 15 is 0 Å². The Morgan fingerprint density at radius 1 is 1.09 bits per heavy atom. The highest BCUT2D eigenvalue weighted by molar-refractivity contribution is 7.18. The first-order chi connectivity index (χ1) is 15.4. The second-order valence-electron chi connectivity index (χ2n) is 7.50. The van der Waals surface area contributed by atoms with Crippen molar-refractivity contribution in [1.82, 2.24) is 4.90 Å². The van der Waals surface area contributed by atoms with Crippen LogP contribution in [-0.4, -0.2) is 35.8 Å². The average Bonchev–Trinajstić information content (AvgIpc) is 3.17. The van der Waals surface area contributed by atoms with E-state index in [0.29, 0.717) is 33.4 Å². The number of halogens is 1.